The van der Waals surface area contributed by atoms with Crippen LogP contribution in [0.1, 0.15) is 93.9 Å². The molecular weight excluding hydrogens is 504 g/mol. The van der Waals surface area contributed by atoms with Crippen LogP contribution in [-0.2, 0) is 23.9 Å². The minimum Gasteiger partial charge on any atom is -0.449 e. The van der Waals surface area contributed by atoms with Crippen molar-refractivity contribution in [2.24, 2.45) is 44.3 Å². The normalized spacial score (nSPS) is 45.8. The number of carbonyl (C=O) groups is 4. The van der Waals surface area contributed by atoms with Crippen molar-refractivity contribution in [3.8, 4) is 6.07 Å². The smallest absolute Gasteiger partial charge is 0.313 e. The molecule has 8 atom stereocenters. The fourth-order valence-corrected chi connectivity index (χ4v) is 9.98. The zero-order chi connectivity index (χ0) is 29.9. The number of fused-ring (bicyclic) bond motifs is 5. The highest BCUT2D eigenvalue weighted by molar-refractivity contribution is 6.16. The van der Waals surface area contributed by atoms with E-state index < -0.39 is 50.3 Å². The molecule has 5 aliphatic rings. The first kappa shape index (κ1) is 28.8. The number of nitrogens with one attached hydrogen (secondary N) is 1. The van der Waals surface area contributed by atoms with Gasteiger partial charge in [-0.3, -0.25) is 19.2 Å². The maximum Gasteiger partial charge on any atom is 0.313 e. The Labute approximate surface area is 238 Å². The van der Waals surface area contributed by atoms with Crippen molar-refractivity contribution in [3.63, 3.8) is 0 Å². The lowest BCUT2D eigenvalue weighted by atomic mass is 9.34. The van der Waals surface area contributed by atoms with Crippen LogP contribution in [0, 0.1) is 55.7 Å². The molecule has 1 unspecified atom stereocenters. The predicted octanol–water partition coefficient (Wildman–Crippen LogP) is 5.25. The molecule has 2 saturated carbocycles. The quantitative estimate of drug-likeness (QED) is 0.381. The number of nitriles is 1. The van der Waals surface area contributed by atoms with Crippen molar-refractivity contribution in [2.45, 2.75) is 99.5 Å². The van der Waals surface area contributed by atoms with Gasteiger partial charge >= 0.3 is 5.97 Å². The number of ketones is 2. The molecule has 0 aromatic rings. The molecule has 0 radical (unpaired) electrons. The molecule has 7 nitrogen and oxygen atoms in total. The average Bonchev–Trinajstić information content (AvgIpc) is 3.03. The van der Waals surface area contributed by atoms with Gasteiger partial charge < -0.3 is 10.1 Å². The van der Waals surface area contributed by atoms with Gasteiger partial charge in [0.15, 0.2) is 17.2 Å². The monoisotopic (exact) mass is 548 g/mol. The Kier molecular flexibility index (Phi) is 5.88. The Balaban J connectivity index is 1.70. The van der Waals surface area contributed by atoms with Gasteiger partial charge in [0.2, 0.25) is 5.91 Å². The highest BCUT2D eigenvalue weighted by Crippen LogP contribution is 2.76. The minimum atomic E-state index is -1.44. The van der Waals surface area contributed by atoms with Gasteiger partial charge in [-0.15, -0.1) is 0 Å². The number of ether oxygens (including phenoxy) is 1. The lowest BCUT2D eigenvalue weighted by Crippen LogP contribution is -2.71. The molecular formula is C33H44N2O5. The van der Waals surface area contributed by atoms with Crippen molar-refractivity contribution in [2.75, 3.05) is 7.05 Å². The van der Waals surface area contributed by atoms with Crippen molar-refractivity contribution in [3.05, 3.63) is 23.3 Å². The van der Waals surface area contributed by atoms with E-state index in [-0.39, 0.29) is 28.7 Å². The van der Waals surface area contributed by atoms with E-state index in [1.807, 2.05) is 13.8 Å². The summed E-state index contributed by atoms with van der Waals surface area (Å²) in [7, 11) is 1.51. The molecule has 1 spiro atoms. The fraction of sp³-hybridized carbons (Fsp3) is 0.727. The largest absolute Gasteiger partial charge is 0.449 e. The summed E-state index contributed by atoms with van der Waals surface area (Å²) in [5.74, 6) is -2.03. The third-order valence-electron chi connectivity index (χ3n) is 12.7. The molecule has 1 amide bonds. The number of Topliss-reactive ketones (excluding diaryl/α,β-unsaturated/α-hetero) is 1. The molecule has 2 bridgehead atoms. The van der Waals surface area contributed by atoms with E-state index in [0.717, 1.165) is 12.0 Å². The third kappa shape index (κ3) is 3.01. The van der Waals surface area contributed by atoms with E-state index in [2.05, 4.69) is 46.0 Å². The number of hydrogen-bond acceptors (Lipinski definition) is 6. The zero-order valence-corrected chi connectivity index (χ0v) is 25.5. The van der Waals surface area contributed by atoms with Gasteiger partial charge in [-0.25, -0.2) is 0 Å². The number of esters is 1. The molecule has 40 heavy (non-hydrogen) atoms. The summed E-state index contributed by atoms with van der Waals surface area (Å²) >= 11 is 0. The lowest BCUT2D eigenvalue weighted by Gasteiger charge is -2.67. The van der Waals surface area contributed by atoms with E-state index >= 15 is 0 Å². The summed E-state index contributed by atoms with van der Waals surface area (Å²) in [5.41, 5.74) is -4.65. The molecule has 1 aliphatic heterocycles. The second-order valence-electron chi connectivity index (χ2n) is 15.3. The van der Waals surface area contributed by atoms with Crippen molar-refractivity contribution in [1.29, 1.82) is 5.26 Å². The van der Waals surface area contributed by atoms with Crippen LogP contribution < -0.4 is 5.32 Å². The van der Waals surface area contributed by atoms with Crippen LogP contribution in [0.2, 0.25) is 0 Å². The molecule has 1 heterocycles. The van der Waals surface area contributed by atoms with E-state index in [0.29, 0.717) is 32.1 Å². The highest BCUT2D eigenvalue weighted by atomic mass is 16.6. The summed E-state index contributed by atoms with van der Waals surface area (Å²) < 4.78 is 6.39. The second-order valence-corrected chi connectivity index (χ2v) is 15.3. The summed E-state index contributed by atoms with van der Waals surface area (Å²) in [4.78, 5) is 55.1. The minimum absolute atomic E-state index is 0.0432. The number of rotatable bonds is 3. The molecule has 5 rings (SSSR count). The van der Waals surface area contributed by atoms with E-state index in [1.54, 1.807) is 19.1 Å². The standard InChI is InChI=1S/C33H44N2O5/c1-19-32(14-12-27(2,3)4)15-13-30(7)29(6)11-10-21-28(5,22(29)16-23(36)33(19,30)40-26(32)39)17-20(18-34)24(37)31(21,8)25(38)35-9/h16-17,19,21H,10-15H2,1-9H3,(H,35,38)/t19-,21?,28-,29+,30-,31-,32-,33+/m0/s1. The van der Waals surface area contributed by atoms with Crippen LogP contribution in [0.3, 0.4) is 0 Å². The number of allylic oxidation sites excluding steroid dienone is 3. The van der Waals surface area contributed by atoms with Gasteiger partial charge in [-0.1, -0.05) is 54.5 Å². The molecule has 216 valence electrons. The maximum atomic E-state index is 14.5. The third-order valence-corrected chi connectivity index (χ3v) is 12.7. The van der Waals surface area contributed by atoms with Crippen molar-refractivity contribution >= 4 is 23.4 Å². The van der Waals surface area contributed by atoms with Gasteiger partial charge in [-0.05, 0) is 73.8 Å². The first-order valence-electron chi connectivity index (χ1n) is 14.8. The molecule has 7 heteroatoms. The van der Waals surface area contributed by atoms with Crippen LogP contribution in [-0.4, -0.2) is 36.1 Å². The van der Waals surface area contributed by atoms with Crippen molar-refractivity contribution < 1.29 is 23.9 Å². The van der Waals surface area contributed by atoms with Gasteiger partial charge in [-0.2, -0.15) is 5.26 Å². The second kappa shape index (κ2) is 8.17. The zero-order valence-electron chi connectivity index (χ0n) is 25.5. The summed E-state index contributed by atoms with van der Waals surface area (Å²) in [6.07, 6.45) is 7.46. The van der Waals surface area contributed by atoms with Crippen LogP contribution >= 0.6 is 0 Å². The number of carbonyl (C=O) groups excluding carboxylic acids is 4. The Bertz CT molecular complexity index is 1350. The molecule has 0 aromatic heterocycles. The predicted molar refractivity (Wildman–Crippen MR) is 149 cm³/mol. The first-order valence-corrected chi connectivity index (χ1v) is 14.8. The number of nitrogens with zero attached hydrogens (tertiary/aromatic N) is 1. The van der Waals surface area contributed by atoms with E-state index in [9.17, 15) is 24.4 Å². The van der Waals surface area contributed by atoms with Gasteiger partial charge in [0.1, 0.15) is 11.5 Å². The van der Waals surface area contributed by atoms with E-state index in [1.165, 1.54) is 7.05 Å². The van der Waals surface area contributed by atoms with Crippen LogP contribution in [0.25, 0.3) is 0 Å². The topological polar surface area (TPSA) is 113 Å². The summed E-state index contributed by atoms with van der Waals surface area (Å²) in [6.45, 7) is 16.4. The van der Waals surface area contributed by atoms with E-state index in [4.69, 9.17) is 4.74 Å². The number of hydrogen-bond donors (Lipinski definition) is 1. The Hall–Kier alpha value is -2.75. The summed E-state index contributed by atoms with van der Waals surface area (Å²) in [5, 5.41) is 12.6. The van der Waals surface area contributed by atoms with Gasteiger partial charge in [0.25, 0.3) is 0 Å². The molecule has 1 saturated heterocycles. The summed E-state index contributed by atoms with van der Waals surface area (Å²) in [6, 6.07) is 2.05. The average molecular weight is 549 g/mol. The van der Waals surface area contributed by atoms with Gasteiger partial charge in [0.05, 0.1) is 11.0 Å². The maximum absolute atomic E-state index is 14.5. The van der Waals surface area contributed by atoms with Crippen LogP contribution in [0.4, 0.5) is 0 Å². The van der Waals surface area contributed by atoms with Crippen LogP contribution in [0.5, 0.6) is 0 Å². The molecule has 1 N–H and O–H groups in total. The number of amides is 1. The Morgan fingerprint density at radius 1 is 1.12 bits per heavy atom. The van der Waals surface area contributed by atoms with Crippen molar-refractivity contribution in [1.82, 2.24) is 5.32 Å². The Morgan fingerprint density at radius 3 is 2.35 bits per heavy atom. The molecule has 4 aliphatic carbocycles. The molecule has 3 fully saturated rings. The Morgan fingerprint density at radius 2 is 1.77 bits per heavy atom. The van der Waals surface area contributed by atoms with Crippen LogP contribution in [0.15, 0.2) is 23.3 Å². The SMILES string of the molecule is CNC(=O)[C@]1(C)C(=O)C(C#N)=C[C@]2(C)C3=CC(=O)[C@@]45OC(=O)[C@@](CCC(C)(C)C)(CC[C@@]4(C)[C@]3(C)CCC12)[C@@H]5C. The fourth-order valence-electron chi connectivity index (χ4n) is 9.98. The highest BCUT2D eigenvalue weighted by Gasteiger charge is 2.81. The lowest BCUT2D eigenvalue weighted by molar-refractivity contribution is -0.199. The van der Waals surface area contributed by atoms with Gasteiger partial charge in [0, 0.05) is 23.8 Å². The molecule has 0 aromatic carbocycles. The first-order chi connectivity index (χ1) is 18.4.